The Morgan fingerprint density at radius 1 is 1.08 bits per heavy atom. The Hall–Kier alpha value is -1.95. The minimum atomic E-state index is -4.68. The van der Waals surface area contributed by atoms with E-state index in [0.717, 1.165) is 22.1 Å². The summed E-state index contributed by atoms with van der Waals surface area (Å²) in [6, 6.07) is 12.8. The van der Waals surface area contributed by atoms with Crippen molar-refractivity contribution in [1.82, 2.24) is 0 Å². The van der Waals surface area contributed by atoms with E-state index in [1.54, 1.807) is 6.07 Å². The molecule has 0 saturated heterocycles. The molecule has 0 radical (unpaired) electrons. The molecule has 25 heavy (non-hydrogen) atoms. The molecular weight excluding hydrogens is 395 g/mol. The van der Waals surface area contributed by atoms with Crippen LogP contribution < -0.4 is 10.1 Å². The molecule has 2 aromatic carbocycles. The molecule has 0 bridgehead atoms. The van der Waals surface area contributed by atoms with Gasteiger partial charge in [0.05, 0.1) is 6.04 Å². The molecule has 3 atom stereocenters. The van der Waals surface area contributed by atoms with Gasteiger partial charge in [-0.15, -0.1) is 13.2 Å². The van der Waals surface area contributed by atoms with Crippen LogP contribution >= 0.6 is 15.9 Å². The molecule has 1 aliphatic carbocycles. The Balaban J connectivity index is 1.70. The topological polar surface area (TPSA) is 21.3 Å². The predicted octanol–water partition coefficient (Wildman–Crippen LogP) is 6.17. The van der Waals surface area contributed by atoms with E-state index in [0.29, 0.717) is 0 Å². The van der Waals surface area contributed by atoms with E-state index in [1.807, 2.05) is 12.1 Å². The van der Waals surface area contributed by atoms with Crippen molar-refractivity contribution in [2.45, 2.75) is 24.7 Å². The summed E-state index contributed by atoms with van der Waals surface area (Å²) in [6.45, 7) is 0. The van der Waals surface area contributed by atoms with Crippen molar-refractivity contribution < 1.29 is 17.9 Å². The van der Waals surface area contributed by atoms with Crippen LogP contribution in [-0.2, 0) is 0 Å². The monoisotopic (exact) mass is 409 g/mol. The van der Waals surface area contributed by atoms with E-state index in [9.17, 15) is 13.2 Å². The van der Waals surface area contributed by atoms with Gasteiger partial charge in [0.1, 0.15) is 5.75 Å². The van der Waals surface area contributed by atoms with Crippen molar-refractivity contribution in [2.24, 2.45) is 5.92 Å². The van der Waals surface area contributed by atoms with Gasteiger partial charge in [-0.2, -0.15) is 0 Å². The Morgan fingerprint density at radius 2 is 1.84 bits per heavy atom. The van der Waals surface area contributed by atoms with Crippen LogP contribution in [0, 0.1) is 5.92 Å². The zero-order chi connectivity index (χ0) is 17.6. The van der Waals surface area contributed by atoms with Gasteiger partial charge in [0.2, 0.25) is 0 Å². The number of halogens is 4. The van der Waals surface area contributed by atoms with E-state index in [4.69, 9.17) is 0 Å². The summed E-state index contributed by atoms with van der Waals surface area (Å²) >= 11 is 3.44. The zero-order valence-electron chi connectivity index (χ0n) is 13.1. The number of benzene rings is 2. The third kappa shape index (κ3) is 3.27. The molecule has 1 aliphatic heterocycles. The van der Waals surface area contributed by atoms with Gasteiger partial charge in [0.25, 0.3) is 0 Å². The maximum absolute atomic E-state index is 12.5. The van der Waals surface area contributed by atoms with Crippen molar-refractivity contribution >= 4 is 21.6 Å². The van der Waals surface area contributed by atoms with E-state index in [1.165, 1.54) is 17.7 Å². The zero-order valence-corrected chi connectivity index (χ0v) is 14.6. The lowest BCUT2D eigenvalue weighted by Crippen LogP contribution is -2.29. The van der Waals surface area contributed by atoms with Gasteiger partial charge in [-0.3, -0.25) is 0 Å². The Labute approximate surface area is 151 Å². The highest BCUT2D eigenvalue weighted by Crippen LogP contribution is 2.50. The number of nitrogens with one attached hydrogen (secondary N) is 1. The molecule has 4 rings (SSSR count). The minimum absolute atomic E-state index is 0.0849. The van der Waals surface area contributed by atoms with Crippen molar-refractivity contribution in [1.29, 1.82) is 0 Å². The van der Waals surface area contributed by atoms with Gasteiger partial charge >= 0.3 is 6.36 Å². The first kappa shape index (κ1) is 16.5. The first-order chi connectivity index (χ1) is 11.9. The first-order valence-electron chi connectivity index (χ1n) is 7.99. The quantitative estimate of drug-likeness (QED) is 0.598. The van der Waals surface area contributed by atoms with Gasteiger partial charge in [0, 0.05) is 16.1 Å². The Bertz CT molecular complexity index is 816. The molecular formula is C19H15BrF3NO. The van der Waals surface area contributed by atoms with Crippen LogP contribution in [0.5, 0.6) is 5.75 Å². The van der Waals surface area contributed by atoms with Crippen LogP contribution in [0.25, 0.3) is 0 Å². The molecule has 0 fully saturated rings. The number of hydrogen-bond donors (Lipinski definition) is 1. The molecule has 130 valence electrons. The maximum atomic E-state index is 12.5. The lowest BCUT2D eigenvalue weighted by molar-refractivity contribution is -0.274. The summed E-state index contributed by atoms with van der Waals surface area (Å²) in [5.74, 6) is 0.186. The normalized spacial score (nSPS) is 24.4. The number of ether oxygens (including phenoxy) is 1. The second-order valence-corrected chi connectivity index (χ2v) is 7.24. The van der Waals surface area contributed by atoms with Crippen LogP contribution in [0.4, 0.5) is 18.9 Å². The van der Waals surface area contributed by atoms with Crippen LogP contribution in [0.1, 0.15) is 29.5 Å². The third-order valence-electron chi connectivity index (χ3n) is 4.80. The second-order valence-electron chi connectivity index (χ2n) is 6.32. The fraction of sp³-hybridized carbons (Fsp3) is 0.263. The number of hydrogen-bond acceptors (Lipinski definition) is 2. The van der Waals surface area contributed by atoms with Gasteiger partial charge in [0.15, 0.2) is 0 Å². The third-order valence-corrected chi connectivity index (χ3v) is 5.33. The average Bonchev–Trinajstić information content (AvgIpc) is 3.03. The number of alkyl halides is 3. The maximum Gasteiger partial charge on any atom is 0.573 e. The summed E-state index contributed by atoms with van der Waals surface area (Å²) < 4.78 is 42.6. The summed E-state index contributed by atoms with van der Waals surface area (Å²) in [5, 5.41) is 3.50. The molecule has 2 aliphatic rings. The van der Waals surface area contributed by atoms with Crippen LogP contribution in [0.3, 0.4) is 0 Å². The Kier molecular flexibility index (Phi) is 4.02. The number of fused-ring (bicyclic) bond motifs is 3. The molecule has 2 nitrogen and oxygen atoms in total. The summed E-state index contributed by atoms with van der Waals surface area (Å²) in [6.07, 6.45) is 0.409. The van der Waals surface area contributed by atoms with Gasteiger partial charge < -0.3 is 10.1 Å². The summed E-state index contributed by atoms with van der Waals surface area (Å²) in [5.41, 5.74) is 2.88. The molecule has 0 spiro atoms. The van der Waals surface area contributed by atoms with Crippen LogP contribution in [-0.4, -0.2) is 6.36 Å². The number of allylic oxidation sites excluding steroid dienone is 2. The van der Waals surface area contributed by atoms with Crippen molar-refractivity contribution in [3.05, 3.63) is 70.2 Å². The highest BCUT2D eigenvalue weighted by atomic mass is 79.9. The van der Waals surface area contributed by atoms with Crippen molar-refractivity contribution in [3.8, 4) is 5.75 Å². The van der Waals surface area contributed by atoms with E-state index in [2.05, 4.69) is 50.3 Å². The molecule has 0 aromatic heterocycles. The van der Waals surface area contributed by atoms with Gasteiger partial charge in [-0.1, -0.05) is 40.2 Å². The van der Waals surface area contributed by atoms with Crippen LogP contribution in [0.2, 0.25) is 0 Å². The molecule has 0 saturated carbocycles. The molecule has 1 heterocycles. The number of rotatable bonds is 2. The average molecular weight is 410 g/mol. The highest BCUT2D eigenvalue weighted by Gasteiger charge is 2.38. The summed E-state index contributed by atoms with van der Waals surface area (Å²) in [7, 11) is 0. The molecule has 2 aromatic rings. The molecule has 1 N–H and O–H groups in total. The van der Waals surface area contributed by atoms with E-state index in [-0.39, 0.29) is 23.6 Å². The largest absolute Gasteiger partial charge is 0.573 e. The standard InChI is InChI=1S/C19H15BrF3NO/c20-12-6-4-11(5-7-12)18-15-3-1-2-14(15)16-10-13(25-19(21,22)23)8-9-17(16)24-18/h1-2,4-10,14-15,18,24H,3H2/t14-,15+,18+/m1/s1. The fourth-order valence-electron chi connectivity index (χ4n) is 3.77. The molecule has 0 amide bonds. The van der Waals surface area contributed by atoms with Gasteiger partial charge in [-0.05, 0) is 53.8 Å². The second kappa shape index (κ2) is 6.09. The van der Waals surface area contributed by atoms with Crippen molar-refractivity contribution in [3.63, 3.8) is 0 Å². The lowest BCUT2D eigenvalue weighted by atomic mass is 9.77. The minimum Gasteiger partial charge on any atom is -0.406 e. The van der Waals surface area contributed by atoms with Gasteiger partial charge in [-0.25, -0.2) is 0 Å². The summed E-state index contributed by atoms with van der Waals surface area (Å²) in [4.78, 5) is 0. The fourth-order valence-corrected chi connectivity index (χ4v) is 4.03. The number of anilines is 1. The lowest BCUT2D eigenvalue weighted by Gasteiger charge is -2.37. The predicted molar refractivity (Wildman–Crippen MR) is 93.6 cm³/mol. The highest BCUT2D eigenvalue weighted by molar-refractivity contribution is 9.10. The SMILES string of the molecule is FC(F)(F)Oc1ccc2c(c1)[C@@H]1C=CC[C@@H]1[C@H](c1ccc(Br)cc1)N2. The first-order valence-corrected chi connectivity index (χ1v) is 8.78. The van der Waals surface area contributed by atoms with E-state index >= 15 is 0 Å². The van der Waals surface area contributed by atoms with Crippen LogP contribution in [0.15, 0.2) is 59.1 Å². The van der Waals surface area contributed by atoms with E-state index < -0.39 is 6.36 Å². The smallest absolute Gasteiger partial charge is 0.406 e. The Morgan fingerprint density at radius 3 is 2.56 bits per heavy atom. The van der Waals surface area contributed by atoms with Crippen molar-refractivity contribution in [2.75, 3.05) is 5.32 Å². The molecule has 0 unspecified atom stereocenters. The molecule has 6 heteroatoms.